The number of nitrogens with one attached hydrogen (secondary N) is 1. The summed E-state index contributed by atoms with van der Waals surface area (Å²) in [6, 6.07) is 23.8. The Kier molecular flexibility index (Phi) is 5.83. The van der Waals surface area contributed by atoms with Crippen LogP contribution in [0.2, 0.25) is 5.02 Å². The average molecular weight is 496 g/mol. The van der Waals surface area contributed by atoms with Crippen LogP contribution in [0, 0.1) is 0 Å². The quantitative estimate of drug-likeness (QED) is 0.224. The summed E-state index contributed by atoms with van der Waals surface area (Å²) in [5.41, 5.74) is 8.29. The first-order valence-electron chi connectivity index (χ1n) is 10.9. The van der Waals surface area contributed by atoms with Gasteiger partial charge >= 0.3 is 0 Å². The smallest absolute Gasteiger partial charge is 0.266 e. The molecule has 3 N–H and O–H groups in total. The molecule has 4 aromatic carbocycles. The molecule has 0 aliphatic carbocycles. The summed E-state index contributed by atoms with van der Waals surface area (Å²) in [7, 11) is 0. The fourth-order valence-corrected chi connectivity index (χ4v) is 4.12. The zero-order chi connectivity index (χ0) is 25.4. The molecule has 0 radical (unpaired) electrons. The Morgan fingerprint density at radius 2 is 1.42 bits per heavy atom. The first-order chi connectivity index (χ1) is 17.3. The molecule has 4 aromatic rings. The van der Waals surface area contributed by atoms with Crippen molar-refractivity contribution in [3.05, 3.63) is 124 Å². The lowest BCUT2D eigenvalue weighted by Crippen LogP contribution is -2.29. The molecule has 0 saturated heterocycles. The van der Waals surface area contributed by atoms with Gasteiger partial charge in [-0.15, -0.1) is 0 Å². The molecular formula is C28H18ClN3O4. The van der Waals surface area contributed by atoms with E-state index in [2.05, 4.69) is 5.32 Å². The van der Waals surface area contributed by atoms with E-state index < -0.39 is 17.7 Å². The second-order valence-corrected chi connectivity index (χ2v) is 8.61. The predicted molar refractivity (Wildman–Crippen MR) is 138 cm³/mol. The van der Waals surface area contributed by atoms with Crippen LogP contribution in [0.25, 0.3) is 0 Å². The molecule has 3 amide bonds. The number of carbonyl (C=O) groups excluding carboxylic acids is 4. The second kappa shape index (κ2) is 9.13. The molecule has 7 nitrogen and oxygen atoms in total. The highest BCUT2D eigenvalue weighted by atomic mass is 35.5. The van der Waals surface area contributed by atoms with Crippen molar-refractivity contribution in [3.8, 4) is 0 Å². The summed E-state index contributed by atoms with van der Waals surface area (Å²) in [5.74, 6) is -1.73. The molecule has 0 spiro atoms. The number of amides is 3. The van der Waals surface area contributed by atoms with Gasteiger partial charge in [-0.05, 0) is 72.8 Å². The van der Waals surface area contributed by atoms with Crippen LogP contribution in [0.5, 0.6) is 0 Å². The van der Waals surface area contributed by atoms with E-state index in [4.69, 9.17) is 17.3 Å². The van der Waals surface area contributed by atoms with Gasteiger partial charge < -0.3 is 11.1 Å². The number of carbonyl (C=O) groups is 4. The number of ketones is 1. The Balaban J connectivity index is 1.41. The van der Waals surface area contributed by atoms with Crippen molar-refractivity contribution in [2.45, 2.75) is 0 Å². The van der Waals surface area contributed by atoms with Crippen molar-refractivity contribution >= 4 is 52.2 Å². The first kappa shape index (κ1) is 23.0. The lowest BCUT2D eigenvalue weighted by Gasteiger charge is -2.15. The van der Waals surface area contributed by atoms with Crippen molar-refractivity contribution < 1.29 is 19.2 Å². The topological polar surface area (TPSA) is 110 Å². The van der Waals surface area contributed by atoms with Crippen molar-refractivity contribution in [1.82, 2.24) is 0 Å². The Hall–Kier alpha value is -4.75. The van der Waals surface area contributed by atoms with Crippen molar-refractivity contribution in [3.63, 3.8) is 0 Å². The van der Waals surface area contributed by atoms with E-state index in [1.807, 2.05) is 0 Å². The summed E-state index contributed by atoms with van der Waals surface area (Å²) in [6.45, 7) is 0. The van der Waals surface area contributed by atoms with Crippen molar-refractivity contribution in [1.29, 1.82) is 0 Å². The minimum absolute atomic E-state index is 0.153. The number of halogens is 1. The van der Waals surface area contributed by atoms with Gasteiger partial charge in [0, 0.05) is 33.1 Å². The average Bonchev–Trinajstić information content (AvgIpc) is 3.13. The van der Waals surface area contributed by atoms with Crippen molar-refractivity contribution in [2.24, 2.45) is 0 Å². The van der Waals surface area contributed by atoms with Gasteiger partial charge in [-0.2, -0.15) is 0 Å². The fourth-order valence-electron chi connectivity index (χ4n) is 3.99. The van der Waals surface area contributed by atoms with Crippen LogP contribution in [0.1, 0.15) is 47.0 Å². The van der Waals surface area contributed by atoms with E-state index in [9.17, 15) is 19.2 Å². The standard InChI is InChI=1S/C28H18ClN3O4/c29-19-9-7-16(8-10-19)25(33)17-3-2-6-22(14-17)32-27(35)23-12-11-21(15-24(23)28(32)36)31-26(34)18-4-1-5-20(30)13-18/h1-15H,30H2,(H,31,34). The lowest BCUT2D eigenvalue weighted by molar-refractivity contribution is 0.0923. The third-order valence-corrected chi connectivity index (χ3v) is 6.02. The number of nitrogen functional groups attached to an aromatic ring is 1. The number of hydrogen-bond acceptors (Lipinski definition) is 5. The number of anilines is 3. The van der Waals surface area contributed by atoms with Crippen LogP contribution < -0.4 is 16.0 Å². The summed E-state index contributed by atoms with van der Waals surface area (Å²) in [6.07, 6.45) is 0. The first-order valence-corrected chi connectivity index (χ1v) is 11.3. The van der Waals surface area contributed by atoms with E-state index in [1.54, 1.807) is 66.7 Å². The van der Waals surface area contributed by atoms with Gasteiger partial charge in [-0.1, -0.05) is 29.8 Å². The minimum atomic E-state index is -0.550. The van der Waals surface area contributed by atoms with E-state index in [0.717, 1.165) is 4.90 Å². The molecule has 5 rings (SSSR count). The largest absolute Gasteiger partial charge is 0.399 e. The Bertz CT molecular complexity index is 1560. The molecule has 0 atom stereocenters. The molecule has 0 bridgehead atoms. The maximum Gasteiger partial charge on any atom is 0.266 e. The molecule has 1 aliphatic rings. The second-order valence-electron chi connectivity index (χ2n) is 8.17. The van der Waals surface area contributed by atoms with Gasteiger partial charge in [0.2, 0.25) is 0 Å². The summed E-state index contributed by atoms with van der Waals surface area (Å²) >= 11 is 5.91. The molecular weight excluding hydrogens is 478 g/mol. The lowest BCUT2D eigenvalue weighted by atomic mass is 10.0. The number of nitrogens with two attached hydrogens (primary N) is 1. The van der Waals surface area contributed by atoms with Crippen LogP contribution in [0.15, 0.2) is 91.0 Å². The number of imide groups is 1. The van der Waals surface area contributed by atoms with Crippen LogP contribution in [0.3, 0.4) is 0 Å². The van der Waals surface area contributed by atoms with Crippen molar-refractivity contribution in [2.75, 3.05) is 16.0 Å². The molecule has 0 aromatic heterocycles. The highest BCUT2D eigenvalue weighted by Crippen LogP contribution is 2.31. The van der Waals surface area contributed by atoms with Gasteiger partial charge in [0.1, 0.15) is 0 Å². The molecule has 0 unspecified atom stereocenters. The number of benzene rings is 4. The molecule has 36 heavy (non-hydrogen) atoms. The van der Waals surface area contributed by atoms with E-state index in [-0.39, 0.29) is 22.6 Å². The highest BCUT2D eigenvalue weighted by molar-refractivity contribution is 6.35. The fraction of sp³-hybridized carbons (Fsp3) is 0. The maximum absolute atomic E-state index is 13.2. The van der Waals surface area contributed by atoms with Crippen LogP contribution in [-0.2, 0) is 0 Å². The maximum atomic E-state index is 13.2. The van der Waals surface area contributed by atoms with E-state index in [0.29, 0.717) is 33.1 Å². The normalized spacial score (nSPS) is 12.4. The summed E-state index contributed by atoms with van der Waals surface area (Å²) < 4.78 is 0. The highest BCUT2D eigenvalue weighted by Gasteiger charge is 2.37. The van der Waals surface area contributed by atoms with Gasteiger partial charge in [0.15, 0.2) is 5.78 Å². The number of hydrogen-bond donors (Lipinski definition) is 2. The Morgan fingerprint density at radius 3 is 2.17 bits per heavy atom. The summed E-state index contributed by atoms with van der Waals surface area (Å²) in [5, 5.41) is 3.23. The molecule has 0 fully saturated rings. The third kappa shape index (κ3) is 4.23. The monoisotopic (exact) mass is 495 g/mol. The number of fused-ring (bicyclic) bond motifs is 1. The number of nitrogens with zero attached hydrogens (tertiary/aromatic N) is 1. The SMILES string of the molecule is Nc1cccc(C(=O)Nc2ccc3c(c2)C(=O)N(c2cccc(C(=O)c4ccc(Cl)cc4)c2)C3=O)c1. The zero-order valence-electron chi connectivity index (χ0n) is 18.7. The molecule has 176 valence electrons. The number of rotatable bonds is 5. The van der Waals surface area contributed by atoms with Gasteiger partial charge in [0.25, 0.3) is 17.7 Å². The molecule has 1 aliphatic heterocycles. The van der Waals surface area contributed by atoms with Crippen LogP contribution in [-0.4, -0.2) is 23.5 Å². The minimum Gasteiger partial charge on any atom is -0.399 e. The predicted octanol–water partition coefficient (Wildman–Crippen LogP) is 5.21. The van der Waals surface area contributed by atoms with Gasteiger partial charge in [-0.3, -0.25) is 19.2 Å². The molecule has 8 heteroatoms. The Morgan fingerprint density at radius 1 is 0.722 bits per heavy atom. The molecule has 0 saturated carbocycles. The zero-order valence-corrected chi connectivity index (χ0v) is 19.5. The molecule has 1 heterocycles. The van der Waals surface area contributed by atoms with E-state index >= 15 is 0 Å². The third-order valence-electron chi connectivity index (χ3n) is 5.77. The summed E-state index contributed by atoms with van der Waals surface area (Å²) in [4.78, 5) is 52.8. The van der Waals surface area contributed by atoms with Gasteiger partial charge in [-0.25, -0.2) is 4.90 Å². The Labute approximate surface area is 211 Å². The van der Waals surface area contributed by atoms with Crippen LogP contribution >= 0.6 is 11.6 Å². The van der Waals surface area contributed by atoms with Crippen LogP contribution in [0.4, 0.5) is 17.1 Å². The van der Waals surface area contributed by atoms with E-state index in [1.165, 1.54) is 24.3 Å². The van der Waals surface area contributed by atoms with Gasteiger partial charge in [0.05, 0.1) is 16.8 Å².